The second kappa shape index (κ2) is 3.62. The van der Waals surface area contributed by atoms with Crippen LogP contribution in [0.1, 0.15) is 5.69 Å². The summed E-state index contributed by atoms with van der Waals surface area (Å²) in [4.78, 5) is 20.8. The van der Waals surface area contributed by atoms with Crippen molar-refractivity contribution in [2.45, 2.75) is 6.92 Å². The predicted molar refractivity (Wildman–Crippen MR) is 46.4 cm³/mol. The molecule has 0 N–H and O–H groups in total. The van der Waals surface area contributed by atoms with Crippen LogP contribution in [0.5, 0.6) is 0 Å². The summed E-state index contributed by atoms with van der Waals surface area (Å²) in [6.45, 7) is 1.38. The van der Waals surface area contributed by atoms with Crippen molar-refractivity contribution in [2.75, 3.05) is 7.11 Å². The monoisotopic (exact) mass is 219 g/mol. The topological polar surface area (TPSA) is 87.3 Å². The van der Waals surface area contributed by atoms with Crippen LogP contribution >= 0.6 is 11.6 Å². The van der Waals surface area contributed by atoms with E-state index in [1.165, 1.54) is 6.92 Å². The lowest BCUT2D eigenvalue weighted by atomic mass is 10.4. The van der Waals surface area contributed by atoms with Crippen LogP contribution in [0, 0.1) is 17.0 Å². The number of halogens is 1. The summed E-state index contributed by atoms with van der Waals surface area (Å²) in [5, 5.41) is 13.7. The molecule has 0 radical (unpaired) electrons. The molecular weight excluding hydrogens is 214 g/mol. The molecule has 0 saturated carbocycles. The van der Waals surface area contributed by atoms with Gasteiger partial charge in [-0.3, -0.25) is 10.1 Å². The van der Waals surface area contributed by atoms with Crippen LogP contribution in [-0.4, -0.2) is 27.9 Å². The zero-order valence-corrected chi connectivity index (χ0v) is 8.11. The molecule has 0 aliphatic rings. The van der Waals surface area contributed by atoms with E-state index in [1.54, 1.807) is 0 Å². The number of ether oxygens (including phenoxy) is 1. The van der Waals surface area contributed by atoms with Gasteiger partial charge in [-0.2, -0.15) is 5.10 Å². The molecule has 0 fully saturated rings. The van der Waals surface area contributed by atoms with E-state index in [1.807, 2.05) is 0 Å². The third kappa shape index (κ3) is 1.53. The normalized spacial score (nSPS) is 9.93. The van der Waals surface area contributed by atoms with Gasteiger partial charge in [-0.1, -0.05) is 11.6 Å². The maximum Gasteiger partial charge on any atom is 0.436 e. The van der Waals surface area contributed by atoms with Gasteiger partial charge in [0.2, 0.25) is 5.15 Å². The van der Waals surface area contributed by atoms with Gasteiger partial charge < -0.3 is 4.74 Å². The lowest BCUT2D eigenvalue weighted by Crippen LogP contribution is -2.13. The van der Waals surface area contributed by atoms with Crippen molar-refractivity contribution < 1.29 is 14.5 Å². The van der Waals surface area contributed by atoms with Gasteiger partial charge in [0.15, 0.2) is 0 Å². The smallest absolute Gasteiger partial charge is 0.436 e. The van der Waals surface area contributed by atoms with Crippen molar-refractivity contribution in [2.24, 2.45) is 0 Å². The van der Waals surface area contributed by atoms with Gasteiger partial charge in [0.25, 0.3) is 0 Å². The van der Waals surface area contributed by atoms with Crippen molar-refractivity contribution in [1.82, 2.24) is 9.78 Å². The number of aromatic nitrogens is 2. The van der Waals surface area contributed by atoms with Gasteiger partial charge in [0.05, 0.1) is 12.0 Å². The third-order valence-corrected chi connectivity index (χ3v) is 1.84. The van der Waals surface area contributed by atoms with E-state index < -0.39 is 16.7 Å². The lowest BCUT2D eigenvalue weighted by molar-refractivity contribution is -0.385. The Morgan fingerprint density at radius 1 is 1.71 bits per heavy atom. The molecule has 1 aromatic rings. The molecule has 0 aromatic carbocycles. The quantitative estimate of drug-likeness (QED) is 0.526. The highest BCUT2D eigenvalue weighted by atomic mass is 35.5. The third-order valence-electron chi connectivity index (χ3n) is 1.50. The van der Waals surface area contributed by atoms with Crippen LogP contribution < -0.4 is 0 Å². The number of hydrogen-bond donors (Lipinski definition) is 0. The summed E-state index contributed by atoms with van der Waals surface area (Å²) in [6.07, 6.45) is -0.869. The second-order valence-electron chi connectivity index (χ2n) is 2.36. The number of rotatable bonds is 1. The van der Waals surface area contributed by atoms with Gasteiger partial charge >= 0.3 is 11.8 Å². The van der Waals surface area contributed by atoms with Crippen LogP contribution in [0.4, 0.5) is 10.5 Å². The van der Waals surface area contributed by atoms with Crippen LogP contribution in [0.25, 0.3) is 0 Å². The molecule has 1 aromatic heterocycles. The van der Waals surface area contributed by atoms with Crippen molar-refractivity contribution >= 4 is 23.4 Å². The van der Waals surface area contributed by atoms with Crippen LogP contribution in [0.15, 0.2) is 0 Å². The maximum atomic E-state index is 11.0. The first-order valence-electron chi connectivity index (χ1n) is 3.47. The minimum absolute atomic E-state index is 0.0606. The largest absolute Gasteiger partial charge is 0.451 e. The van der Waals surface area contributed by atoms with Crippen molar-refractivity contribution in [3.05, 3.63) is 21.0 Å². The van der Waals surface area contributed by atoms with Gasteiger partial charge in [-0.05, 0) is 6.92 Å². The highest BCUT2D eigenvalue weighted by Crippen LogP contribution is 2.27. The standard InChI is InChI=1S/C6H6ClN3O4/c1-3-4(10(12)13)5(7)9(8-3)6(11)14-2/h1-2H3. The van der Waals surface area contributed by atoms with Crippen LogP contribution in [-0.2, 0) is 4.74 Å². The molecule has 0 amide bonds. The molecule has 1 rings (SSSR count). The molecule has 1 heterocycles. The molecule has 0 bridgehead atoms. The average molecular weight is 220 g/mol. The average Bonchev–Trinajstić information content (AvgIpc) is 2.40. The Balaban J connectivity index is 3.30. The molecule has 0 aliphatic heterocycles. The van der Waals surface area contributed by atoms with Gasteiger partial charge in [0, 0.05) is 0 Å². The highest BCUT2D eigenvalue weighted by molar-refractivity contribution is 6.32. The Morgan fingerprint density at radius 2 is 2.29 bits per heavy atom. The lowest BCUT2D eigenvalue weighted by Gasteiger charge is -1.96. The van der Waals surface area contributed by atoms with Gasteiger partial charge in [0.1, 0.15) is 5.69 Å². The molecule has 0 spiro atoms. The minimum Gasteiger partial charge on any atom is -0.451 e. The minimum atomic E-state index is -0.869. The number of carbonyl (C=O) groups is 1. The van der Waals surface area contributed by atoms with Crippen molar-refractivity contribution in [1.29, 1.82) is 0 Å². The summed E-state index contributed by atoms with van der Waals surface area (Å²) >= 11 is 5.56. The second-order valence-corrected chi connectivity index (χ2v) is 2.72. The fraction of sp³-hybridized carbons (Fsp3) is 0.333. The summed E-state index contributed by atoms with van der Waals surface area (Å²) < 4.78 is 4.95. The number of hydrogen-bond acceptors (Lipinski definition) is 5. The highest BCUT2D eigenvalue weighted by Gasteiger charge is 2.26. The Bertz CT molecular complexity index is 400. The SMILES string of the molecule is COC(=O)n1nc(C)c([N+](=O)[O-])c1Cl. The Morgan fingerprint density at radius 3 is 2.64 bits per heavy atom. The first kappa shape index (κ1) is 10.5. The number of nitrogens with zero attached hydrogens (tertiary/aromatic N) is 3. The number of methoxy groups -OCH3 is 1. The molecule has 8 heteroatoms. The van der Waals surface area contributed by atoms with E-state index in [9.17, 15) is 14.9 Å². The summed E-state index contributed by atoms with van der Waals surface area (Å²) in [5.74, 6) is 0. The van der Waals surface area contributed by atoms with E-state index in [0.717, 1.165) is 7.11 Å². The first-order chi connectivity index (χ1) is 6.49. The Hall–Kier alpha value is -1.63. The Labute approximate surface area is 83.4 Å². The summed E-state index contributed by atoms with van der Waals surface area (Å²) in [7, 11) is 1.13. The number of nitro groups is 1. The first-order valence-corrected chi connectivity index (χ1v) is 3.84. The molecule has 0 aliphatic carbocycles. The zero-order chi connectivity index (χ0) is 10.9. The van der Waals surface area contributed by atoms with Crippen molar-refractivity contribution in [3.63, 3.8) is 0 Å². The number of carbonyl (C=O) groups excluding carboxylic acids is 1. The predicted octanol–water partition coefficient (Wildman–Crippen LogP) is 1.37. The van der Waals surface area contributed by atoms with E-state index in [-0.39, 0.29) is 10.8 Å². The van der Waals surface area contributed by atoms with Gasteiger partial charge in [-0.25, -0.2) is 4.79 Å². The van der Waals surface area contributed by atoms with Crippen LogP contribution in [0.2, 0.25) is 5.15 Å². The van der Waals surface area contributed by atoms with E-state index in [4.69, 9.17) is 11.6 Å². The van der Waals surface area contributed by atoms with Crippen LogP contribution in [0.3, 0.4) is 0 Å². The number of aryl methyl sites for hydroxylation is 1. The molecular formula is C6H6ClN3O4. The summed E-state index contributed by atoms with van der Waals surface area (Å²) in [5.41, 5.74) is -0.331. The molecule has 76 valence electrons. The fourth-order valence-corrected chi connectivity index (χ4v) is 1.22. The zero-order valence-electron chi connectivity index (χ0n) is 7.35. The molecule has 14 heavy (non-hydrogen) atoms. The maximum absolute atomic E-state index is 11.0. The van der Waals surface area contributed by atoms with E-state index in [0.29, 0.717) is 4.68 Å². The summed E-state index contributed by atoms with van der Waals surface area (Å²) in [6, 6.07) is 0. The molecule has 7 nitrogen and oxygen atoms in total. The van der Waals surface area contributed by atoms with E-state index >= 15 is 0 Å². The molecule has 0 unspecified atom stereocenters. The Kier molecular flexibility index (Phi) is 2.70. The molecule has 0 saturated heterocycles. The van der Waals surface area contributed by atoms with E-state index in [2.05, 4.69) is 9.84 Å². The van der Waals surface area contributed by atoms with Gasteiger partial charge in [-0.15, -0.1) is 4.68 Å². The van der Waals surface area contributed by atoms with Crippen molar-refractivity contribution in [3.8, 4) is 0 Å². The fourth-order valence-electron chi connectivity index (χ4n) is 0.906. The molecule has 0 atom stereocenters.